The van der Waals surface area contributed by atoms with E-state index in [1.54, 1.807) is 24.3 Å². The van der Waals surface area contributed by atoms with Crippen molar-refractivity contribution in [1.29, 1.82) is 0 Å². The first-order valence-corrected chi connectivity index (χ1v) is 10.7. The Hall–Kier alpha value is -1.90. The number of hydrogen-bond donors (Lipinski definition) is 2. The maximum absolute atomic E-state index is 13.9. The average molecular weight is 394 g/mol. The number of fused-ring (bicyclic) bond motifs is 1. The SMILES string of the molecule is O=C(CCNS(=O)(=O)c1ccccc1)NC1CCSc2c(F)cccc21. The molecule has 2 N–H and O–H groups in total. The van der Waals surface area contributed by atoms with Gasteiger partial charge in [-0.25, -0.2) is 17.5 Å². The summed E-state index contributed by atoms with van der Waals surface area (Å²) >= 11 is 1.45. The Morgan fingerprint density at radius 2 is 1.92 bits per heavy atom. The summed E-state index contributed by atoms with van der Waals surface area (Å²) in [4.78, 5) is 12.9. The molecule has 2 aromatic rings. The van der Waals surface area contributed by atoms with Gasteiger partial charge in [-0.1, -0.05) is 30.3 Å². The largest absolute Gasteiger partial charge is 0.349 e. The molecular formula is C18H19FN2O3S2. The van der Waals surface area contributed by atoms with Crippen LogP contribution in [0.3, 0.4) is 0 Å². The van der Waals surface area contributed by atoms with E-state index in [0.717, 1.165) is 11.3 Å². The standard InChI is InChI=1S/C18H19FN2O3S2/c19-15-8-4-7-14-16(10-12-25-18(14)15)21-17(22)9-11-20-26(23,24)13-5-2-1-3-6-13/h1-8,16,20H,9-12H2,(H,21,22). The molecule has 1 aliphatic rings. The van der Waals surface area contributed by atoms with E-state index in [4.69, 9.17) is 0 Å². The zero-order valence-electron chi connectivity index (χ0n) is 13.9. The second-order valence-corrected chi connectivity index (χ2v) is 8.75. The molecule has 138 valence electrons. The predicted molar refractivity (Wildman–Crippen MR) is 98.9 cm³/mol. The smallest absolute Gasteiger partial charge is 0.240 e. The molecule has 1 aliphatic heterocycles. The van der Waals surface area contributed by atoms with Gasteiger partial charge in [0.1, 0.15) is 5.82 Å². The number of benzene rings is 2. The number of carbonyl (C=O) groups is 1. The van der Waals surface area contributed by atoms with Crippen LogP contribution in [0.15, 0.2) is 58.3 Å². The van der Waals surface area contributed by atoms with Crippen LogP contribution in [-0.4, -0.2) is 26.6 Å². The maximum Gasteiger partial charge on any atom is 0.240 e. The third kappa shape index (κ3) is 4.44. The van der Waals surface area contributed by atoms with Crippen molar-refractivity contribution in [2.75, 3.05) is 12.3 Å². The minimum atomic E-state index is -3.63. The number of nitrogens with one attached hydrogen (secondary N) is 2. The number of halogens is 1. The lowest BCUT2D eigenvalue weighted by molar-refractivity contribution is -0.121. The van der Waals surface area contributed by atoms with Gasteiger partial charge in [-0.2, -0.15) is 0 Å². The fourth-order valence-corrected chi connectivity index (χ4v) is 4.98. The second-order valence-electron chi connectivity index (χ2n) is 5.88. The van der Waals surface area contributed by atoms with Crippen LogP contribution in [0.2, 0.25) is 0 Å². The molecule has 0 fully saturated rings. The summed E-state index contributed by atoms with van der Waals surface area (Å²) in [6, 6.07) is 12.6. The molecule has 5 nitrogen and oxygen atoms in total. The van der Waals surface area contributed by atoms with Crippen molar-refractivity contribution in [3.63, 3.8) is 0 Å². The number of sulfonamides is 1. The molecule has 0 saturated heterocycles. The monoisotopic (exact) mass is 394 g/mol. The van der Waals surface area contributed by atoms with Crippen molar-refractivity contribution in [3.05, 3.63) is 59.9 Å². The first kappa shape index (κ1) is 18.9. The topological polar surface area (TPSA) is 75.3 Å². The highest BCUT2D eigenvalue weighted by Gasteiger charge is 2.24. The van der Waals surface area contributed by atoms with Crippen LogP contribution in [0.25, 0.3) is 0 Å². The van der Waals surface area contributed by atoms with Crippen molar-refractivity contribution in [2.24, 2.45) is 0 Å². The van der Waals surface area contributed by atoms with E-state index in [2.05, 4.69) is 10.0 Å². The van der Waals surface area contributed by atoms with Crippen molar-refractivity contribution in [3.8, 4) is 0 Å². The molecule has 1 heterocycles. The van der Waals surface area contributed by atoms with Gasteiger partial charge in [0.2, 0.25) is 15.9 Å². The molecule has 0 spiro atoms. The fourth-order valence-electron chi connectivity index (χ4n) is 2.78. The molecule has 1 amide bonds. The van der Waals surface area contributed by atoms with Crippen LogP contribution in [0.1, 0.15) is 24.4 Å². The molecule has 3 rings (SSSR count). The first-order chi connectivity index (χ1) is 12.5. The minimum Gasteiger partial charge on any atom is -0.349 e. The summed E-state index contributed by atoms with van der Waals surface area (Å²) in [7, 11) is -3.63. The van der Waals surface area contributed by atoms with Gasteiger partial charge in [-0.3, -0.25) is 4.79 Å². The number of thioether (sulfide) groups is 1. The van der Waals surface area contributed by atoms with E-state index in [-0.39, 0.29) is 35.6 Å². The van der Waals surface area contributed by atoms with Crippen LogP contribution in [0, 0.1) is 5.82 Å². The van der Waals surface area contributed by atoms with Crippen molar-refractivity contribution >= 4 is 27.7 Å². The van der Waals surface area contributed by atoms with Crippen molar-refractivity contribution < 1.29 is 17.6 Å². The highest BCUT2D eigenvalue weighted by atomic mass is 32.2. The Morgan fingerprint density at radius 1 is 1.15 bits per heavy atom. The van der Waals surface area contributed by atoms with E-state index in [1.807, 2.05) is 6.07 Å². The molecule has 2 aromatic carbocycles. The van der Waals surface area contributed by atoms with Crippen molar-refractivity contribution in [1.82, 2.24) is 10.0 Å². The summed E-state index contributed by atoms with van der Waals surface area (Å²) in [5.74, 6) is 0.175. The number of rotatable bonds is 6. The highest BCUT2D eigenvalue weighted by molar-refractivity contribution is 7.99. The highest BCUT2D eigenvalue weighted by Crippen LogP contribution is 2.37. The lowest BCUT2D eigenvalue weighted by Gasteiger charge is -2.26. The van der Waals surface area contributed by atoms with Gasteiger partial charge in [0.05, 0.1) is 10.9 Å². The van der Waals surface area contributed by atoms with Crippen LogP contribution < -0.4 is 10.0 Å². The molecule has 0 saturated carbocycles. The van der Waals surface area contributed by atoms with Crippen LogP contribution in [0.5, 0.6) is 0 Å². The van der Waals surface area contributed by atoms with Gasteiger partial charge < -0.3 is 5.32 Å². The molecular weight excluding hydrogens is 375 g/mol. The van der Waals surface area contributed by atoms with Crippen LogP contribution in [0.4, 0.5) is 4.39 Å². The van der Waals surface area contributed by atoms with Crippen molar-refractivity contribution in [2.45, 2.75) is 28.7 Å². The molecule has 0 radical (unpaired) electrons. The van der Waals surface area contributed by atoms with Gasteiger partial charge in [0.15, 0.2) is 0 Å². The number of hydrogen-bond acceptors (Lipinski definition) is 4. The summed E-state index contributed by atoms with van der Waals surface area (Å²) in [5.41, 5.74) is 0.777. The average Bonchev–Trinajstić information content (AvgIpc) is 2.63. The third-order valence-corrected chi connectivity index (χ3v) is 6.69. The predicted octanol–water partition coefficient (Wildman–Crippen LogP) is 2.85. The van der Waals surface area contributed by atoms with Gasteiger partial charge in [0, 0.05) is 23.6 Å². The molecule has 0 bridgehead atoms. The van der Waals surface area contributed by atoms with Gasteiger partial charge >= 0.3 is 0 Å². The van der Waals surface area contributed by atoms with E-state index in [1.165, 1.54) is 30.0 Å². The lowest BCUT2D eigenvalue weighted by atomic mass is 10.0. The van der Waals surface area contributed by atoms with E-state index >= 15 is 0 Å². The summed E-state index contributed by atoms with van der Waals surface area (Å²) in [5, 5.41) is 2.87. The zero-order valence-corrected chi connectivity index (χ0v) is 15.6. The molecule has 0 aliphatic carbocycles. The lowest BCUT2D eigenvalue weighted by Crippen LogP contribution is -2.34. The molecule has 8 heteroatoms. The second kappa shape index (κ2) is 8.20. The normalized spacial score (nSPS) is 16.7. The quantitative estimate of drug-likeness (QED) is 0.790. The fraction of sp³-hybridized carbons (Fsp3) is 0.278. The van der Waals surface area contributed by atoms with Crippen LogP contribution in [-0.2, 0) is 14.8 Å². The first-order valence-electron chi connectivity index (χ1n) is 8.22. The number of amides is 1. The molecule has 1 unspecified atom stereocenters. The zero-order chi connectivity index (χ0) is 18.6. The summed E-state index contributed by atoms with van der Waals surface area (Å²) in [6.07, 6.45) is 0.725. The van der Waals surface area contributed by atoms with Gasteiger partial charge in [-0.15, -0.1) is 11.8 Å². The third-order valence-electron chi connectivity index (χ3n) is 4.06. The molecule has 26 heavy (non-hydrogen) atoms. The molecule has 0 aromatic heterocycles. The Morgan fingerprint density at radius 3 is 2.69 bits per heavy atom. The number of carbonyl (C=O) groups excluding carboxylic acids is 1. The van der Waals surface area contributed by atoms with E-state index < -0.39 is 10.0 Å². The maximum atomic E-state index is 13.9. The van der Waals surface area contributed by atoms with E-state index in [0.29, 0.717) is 11.3 Å². The molecule has 1 atom stereocenters. The van der Waals surface area contributed by atoms with Gasteiger partial charge in [-0.05, 0) is 30.2 Å². The minimum absolute atomic E-state index is 0.000535. The Labute approximate surface area is 156 Å². The Balaban J connectivity index is 1.55. The van der Waals surface area contributed by atoms with Gasteiger partial charge in [0.25, 0.3) is 0 Å². The van der Waals surface area contributed by atoms with E-state index in [9.17, 15) is 17.6 Å². The Kier molecular flexibility index (Phi) is 5.95. The van der Waals surface area contributed by atoms with Crippen LogP contribution >= 0.6 is 11.8 Å². The summed E-state index contributed by atoms with van der Waals surface area (Å²) in [6.45, 7) is 0.000535. The Bertz CT molecular complexity index is 889. The summed E-state index contributed by atoms with van der Waals surface area (Å²) < 4.78 is 40.5.